The van der Waals surface area contributed by atoms with E-state index >= 15 is 0 Å². The monoisotopic (exact) mass is 496 g/mol. The maximum absolute atomic E-state index is 13.2. The summed E-state index contributed by atoms with van der Waals surface area (Å²) in [4.78, 5) is 31.3. The van der Waals surface area contributed by atoms with E-state index in [1.807, 2.05) is 24.3 Å². The molecule has 0 N–H and O–H groups in total. The first kappa shape index (κ1) is 22.5. The smallest absolute Gasteiger partial charge is 0.306 e. The Hall–Kier alpha value is -3.27. The van der Waals surface area contributed by atoms with Gasteiger partial charge in [-0.15, -0.1) is 0 Å². The third-order valence-electron chi connectivity index (χ3n) is 6.11. The third-order valence-corrected chi connectivity index (χ3v) is 8.22. The maximum atomic E-state index is 13.2. The van der Waals surface area contributed by atoms with Crippen LogP contribution >= 0.6 is 11.6 Å². The molecule has 2 aromatic carbocycles. The summed E-state index contributed by atoms with van der Waals surface area (Å²) in [6.45, 7) is 0.671. The Morgan fingerprint density at radius 3 is 2.21 bits per heavy atom. The Labute approximate surface area is 202 Å². The van der Waals surface area contributed by atoms with Crippen LogP contribution in [-0.2, 0) is 16.8 Å². The van der Waals surface area contributed by atoms with E-state index in [1.165, 1.54) is 4.31 Å². The number of carbonyl (C=O) groups excluding carboxylic acids is 2. The van der Waals surface area contributed by atoms with E-state index in [4.69, 9.17) is 11.6 Å². The lowest BCUT2D eigenvalue weighted by Gasteiger charge is -2.35. The molecule has 0 unspecified atom stereocenters. The summed E-state index contributed by atoms with van der Waals surface area (Å²) in [5, 5.41) is 0.451. The minimum Gasteiger partial charge on any atom is -0.336 e. The topological polar surface area (TPSA) is 90.9 Å². The Morgan fingerprint density at radius 2 is 1.53 bits per heavy atom. The predicted octanol–water partition coefficient (Wildman–Crippen LogP) is 3.06. The van der Waals surface area contributed by atoms with Gasteiger partial charge in [-0.05, 0) is 59.2 Å². The van der Waals surface area contributed by atoms with Crippen molar-refractivity contribution in [1.82, 2.24) is 18.5 Å². The summed E-state index contributed by atoms with van der Waals surface area (Å²) < 4.78 is 28.5. The Kier molecular flexibility index (Phi) is 5.85. The summed E-state index contributed by atoms with van der Waals surface area (Å²) >= 11 is 5.99. The Bertz CT molecular complexity index is 1360. The molecule has 1 aromatic heterocycles. The largest absolute Gasteiger partial charge is 0.336 e. The molecule has 0 atom stereocenters. The van der Waals surface area contributed by atoms with Gasteiger partial charge in [0, 0.05) is 54.7 Å². The SMILES string of the molecule is O=C(c1ccc(-c2ccncc2)cc1)N1CCN(S(=O)(=O)N2Cc3cc(Cl)ccc3C2=O)CC1. The van der Waals surface area contributed by atoms with Crippen molar-refractivity contribution in [3.63, 3.8) is 0 Å². The second-order valence-electron chi connectivity index (χ2n) is 8.13. The molecule has 1 saturated heterocycles. The van der Waals surface area contributed by atoms with Crippen molar-refractivity contribution >= 4 is 33.6 Å². The first-order chi connectivity index (χ1) is 16.3. The summed E-state index contributed by atoms with van der Waals surface area (Å²) in [5.74, 6) is -0.711. The second kappa shape index (κ2) is 8.83. The number of rotatable bonds is 4. The van der Waals surface area contributed by atoms with E-state index in [9.17, 15) is 18.0 Å². The van der Waals surface area contributed by atoms with Crippen LogP contribution in [0.2, 0.25) is 5.02 Å². The number of carbonyl (C=O) groups is 2. The van der Waals surface area contributed by atoms with Gasteiger partial charge in [0.25, 0.3) is 11.8 Å². The van der Waals surface area contributed by atoms with Crippen LogP contribution in [-0.4, -0.2) is 64.9 Å². The number of fused-ring (bicyclic) bond motifs is 1. The van der Waals surface area contributed by atoms with Crippen molar-refractivity contribution in [2.45, 2.75) is 6.54 Å². The zero-order chi connectivity index (χ0) is 23.9. The molecule has 5 rings (SSSR count). The van der Waals surface area contributed by atoms with Gasteiger partial charge in [-0.1, -0.05) is 23.7 Å². The fourth-order valence-corrected chi connectivity index (χ4v) is 5.95. The first-order valence-corrected chi connectivity index (χ1v) is 12.5. The lowest BCUT2D eigenvalue weighted by Crippen LogP contribution is -2.54. The molecule has 1 fully saturated rings. The van der Waals surface area contributed by atoms with Crippen LogP contribution in [0.25, 0.3) is 11.1 Å². The molecule has 2 amide bonds. The maximum Gasteiger partial charge on any atom is 0.306 e. The van der Waals surface area contributed by atoms with Crippen molar-refractivity contribution in [3.05, 3.63) is 88.7 Å². The van der Waals surface area contributed by atoms with Gasteiger partial charge in [0.2, 0.25) is 0 Å². The number of hydrogen-bond donors (Lipinski definition) is 0. The lowest BCUT2D eigenvalue weighted by atomic mass is 10.0. The van der Waals surface area contributed by atoms with Crippen LogP contribution in [0, 0.1) is 0 Å². The van der Waals surface area contributed by atoms with Crippen LogP contribution in [0.15, 0.2) is 67.0 Å². The molecule has 0 bridgehead atoms. The average Bonchev–Trinajstić information content (AvgIpc) is 3.20. The van der Waals surface area contributed by atoms with Gasteiger partial charge in [-0.25, -0.2) is 4.31 Å². The third kappa shape index (κ3) is 4.06. The van der Waals surface area contributed by atoms with Gasteiger partial charge >= 0.3 is 10.2 Å². The van der Waals surface area contributed by atoms with E-state index in [-0.39, 0.29) is 38.6 Å². The van der Waals surface area contributed by atoms with E-state index in [2.05, 4.69) is 4.98 Å². The van der Waals surface area contributed by atoms with E-state index in [0.29, 0.717) is 21.7 Å². The highest BCUT2D eigenvalue weighted by Gasteiger charge is 2.41. The van der Waals surface area contributed by atoms with E-state index in [0.717, 1.165) is 15.4 Å². The van der Waals surface area contributed by atoms with Gasteiger partial charge in [0.05, 0.1) is 6.54 Å². The van der Waals surface area contributed by atoms with Crippen molar-refractivity contribution < 1.29 is 18.0 Å². The number of nitrogens with zero attached hydrogens (tertiary/aromatic N) is 4. The molecule has 0 saturated carbocycles. The normalized spacial score (nSPS) is 16.6. The van der Waals surface area contributed by atoms with Crippen molar-refractivity contribution in [1.29, 1.82) is 0 Å². The van der Waals surface area contributed by atoms with Crippen molar-refractivity contribution in [2.24, 2.45) is 0 Å². The molecule has 3 heterocycles. The average molecular weight is 497 g/mol. The highest BCUT2D eigenvalue weighted by molar-refractivity contribution is 7.87. The van der Waals surface area contributed by atoms with Crippen molar-refractivity contribution in [2.75, 3.05) is 26.2 Å². The molecule has 0 aliphatic carbocycles. The van der Waals surface area contributed by atoms with Crippen LogP contribution < -0.4 is 0 Å². The molecular weight excluding hydrogens is 476 g/mol. The summed E-state index contributed by atoms with van der Waals surface area (Å²) in [6, 6.07) is 15.8. The second-order valence-corrected chi connectivity index (χ2v) is 10.4. The molecule has 0 radical (unpaired) electrons. The van der Waals surface area contributed by atoms with Crippen LogP contribution in [0.4, 0.5) is 0 Å². The standard InChI is InChI=1S/C24H21ClN4O4S/c25-21-5-6-22-20(15-21)16-29(24(22)31)34(32,33)28-13-11-27(12-14-28)23(30)19-3-1-17(2-4-19)18-7-9-26-10-8-18/h1-10,15H,11-14,16H2. The minimum atomic E-state index is -4.01. The van der Waals surface area contributed by atoms with Crippen LogP contribution in [0.5, 0.6) is 0 Å². The van der Waals surface area contributed by atoms with Gasteiger partial charge in [0.15, 0.2) is 0 Å². The molecule has 2 aliphatic heterocycles. The quantitative estimate of drug-likeness (QED) is 0.553. The summed E-state index contributed by atoms with van der Waals surface area (Å²) in [7, 11) is -4.01. The highest BCUT2D eigenvalue weighted by Crippen LogP contribution is 2.29. The molecular formula is C24H21ClN4O4S. The number of aromatic nitrogens is 1. The van der Waals surface area contributed by atoms with Crippen LogP contribution in [0.3, 0.4) is 0 Å². The lowest BCUT2D eigenvalue weighted by molar-refractivity contribution is 0.0687. The zero-order valence-corrected chi connectivity index (χ0v) is 19.7. The number of halogens is 1. The van der Waals surface area contributed by atoms with Gasteiger partial charge in [-0.2, -0.15) is 12.7 Å². The van der Waals surface area contributed by atoms with Gasteiger partial charge < -0.3 is 4.90 Å². The van der Waals surface area contributed by atoms with Gasteiger partial charge in [0.1, 0.15) is 0 Å². The number of hydrogen-bond acceptors (Lipinski definition) is 5. The molecule has 3 aromatic rings. The predicted molar refractivity (Wildman–Crippen MR) is 127 cm³/mol. The fraction of sp³-hybridized carbons (Fsp3) is 0.208. The molecule has 2 aliphatic rings. The molecule has 8 nitrogen and oxygen atoms in total. The summed E-state index contributed by atoms with van der Waals surface area (Å²) in [6.07, 6.45) is 3.43. The Balaban J connectivity index is 1.24. The minimum absolute atomic E-state index is 0.0416. The van der Waals surface area contributed by atoms with Gasteiger partial charge in [-0.3, -0.25) is 14.6 Å². The zero-order valence-electron chi connectivity index (χ0n) is 18.1. The fourth-order valence-electron chi connectivity index (χ4n) is 4.24. The number of amides is 2. The van der Waals surface area contributed by atoms with Crippen molar-refractivity contribution in [3.8, 4) is 11.1 Å². The first-order valence-electron chi connectivity index (χ1n) is 10.7. The summed E-state index contributed by atoms with van der Waals surface area (Å²) in [5.41, 5.74) is 3.46. The number of pyridine rings is 1. The highest BCUT2D eigenvalue weighted by atomic mass is 35.5. The number of benzene rings is 2. The molecule has 0 spiro atoms. The van der Waals surface area contributed by atoms with Crippen LogP contribution in [0.1, 0.15) is 26.3 Å². The Morgan fingerprint density at radius 1 is 0.882 bits per heavy atom. The van der Waals surface area contributed by atoms with E-state index < -0.39 is 16.1 Å². The molecule has 10 heteroatoms. The molecule has 174 valence electrons. The van der Waals surface area contributed by atoms with E-state index in [1.54, 1.807) is 47.6 Å². The molecule has 34 heavy (non-hydrogen) atoms. The number of piperazine rings is 1.